The van der Waals surface area contributed by atoms with Crippen molar-refractivity contribution in [2.45, 2.75) is 39.7 Å². The molecule has 1 aromatic heterocycles. The van der Waals surface area contributed by atoms with Crippen LogP contribution in [0.5, 0.6) is 0 Å². The van der Waals surface area contributed by atoms with E-state index < -0.39 is 0 Å². The van der Waals surface area contributed by atoms with Gasteiger partial charge in [-0.25, -0.2) is 4.98 Å². The second-order valence-electron chi connectivity index (χ2n) is 3.86. The smallest absolute Gasteiger partial charge is 0.220 e. The van der Waals surface area contributed by atoms with Crippen LogP contribution in [-0.4, -0.2) is 17.4 Å². The molecule has 0 aliphatic carbocycles. The molecular formula is C11H19N3OS. The van der Waals surface area contributed by atoms with Crippen molar-refractivity contribution in [3.63, 3.8) is 0 Å². The molecule has 90 valence electrons. The van der Waals surface area contributed by atoms with Gasteiger partial charge in [0.1, 0.15) is 0 Å². The first-order chi connectivity index (χ1) is 7.54. The summed E-state index contributed by atoms with van der Waals surface area (Å²) < 4.78 is 0. The van der Waals surface area contributed by atoms with Crippen molar-refractivity contribution in [3.05, 3.63) is 15.6 Å². The topological polar surface area (TPSA) is 68.0 Å². The van der Waals surface area contributed by atoms with Crippen LogP contribution in [-0.2, 0) is 4.79 Å². The van der Waals surface area contributed by atoms with Crippen LogP contribution in [0.1, 0.15) is 41.4 Å². The first kappa shape index (κ1) is 13.1. The van der Waals surface area contributed by atoms with E-state index in [0.29, 0.717) is 13.0 Å². The zero-order valence-corrected chi connectivity index (χ0v) is 10.9. The minimum atomic E-state index is 0.0384. The van der Waals surface area contributed by atoms with Gasteiger partial charge < -0.3 is 11.1 Å². The van der Waals surface area contributed by atoms with Gasteiger partial charge in [-0.2, -0.15) is 0 Å². The van der Waals surface area contributed by atoms with Crippen molar-refractivity contribution < 1.29 is 4.79 Å². The number of nitrogens with one attached hydrogen (secondary N) is 1. The van der Waals surface area contributed by atoms with Gasteiger partial charge in [0, 0.05) is 11.3 Å². The lowest BCUT2D eigenvalue weighted by Gasteiger charge is -2.12. The number of nitrogens with two attached hydrogens (primary N) is 1. The van der Waals surface area contributed by atoms with Crippen molar-refractivity contribution in [3.8, 4) is 0 Å². The molecule has 0 aliphatic heterocycles. The zero-order chi connectivity index (χ0) is 12.1. The summed E-state index contributed by atoms with van der Waals surface area (Å²) in [6.07, 6.45) is 1.23. The number of carbonyl (C=O) groups excluding carboxylic acids is 1. The fraction of sp³-hybridized carbons (Fsp3) is 0.636. The average molecular weight is 241 g/mol. The van der Waals surface area contributed by atoms with Crippen molar-refractivity contribution in [2.24, 2.45) is 5.73 Å². The Bertz CT molecular complexity index is 362. The Morgan fingerprint density at radius 1 is 1.56 bits per heavy atom. The van der Waals surface area contributed by atoms with Crippen LogP contribution >= 0.6 is 11.3 Å². The van der Waals surface area contributed by atoms with Crippen molar-refractivity contribution in [2.75, 3.05) is 6.54 Å². The Morgan fingerprint density at radius 2 is 2.25 bits per heavy atom. The number of amides is 1. The van der Waals surface area contributed by atoms with Gasteiger partial charge in [0.2, 0.25) is 5.91 Å². The molecular weight excluding hydrogens is 222 g/mol. The molecule has 0 saturated carbocycles. The molecule has 1 amide bonds. The fourth-order valence-electron chi connectivity index (χ4n) is 1.59. The van der Waals surface area contributed by atoms with Crippen LogP contribution < -0.4 is 11.1 Å². The number of aryl methyl sites for hydroxylation is 2. The molecule has 1 heterocycles. The van der Waals surface area contributed by atoms with E-state index in [1.165, 1.54) is 0 Å². The highest BCUT2D eigenvalue weighted by Crippen LogP contribution is 2.24. The van der Waals surface area contributed by atoms with Crippen molar-refractivity contribution in [1.82, 2.24) is 10.3 Å². The van der Waals surface area contributed by atoms with Gasteiger partial charge in [0.05, 0.1) is 16.7 Å². The maximum absolute atomic E-state index is 11.5. The summed E-state index contributed by atoms with van der Waals surface area (Å²) >= 11 is 1.64. The summed E-state index contributed by atoms with van der Waals surface area (Å²) in [5.41, 5.74) is 6.37. The monoisotopic (exact) mass is 241 g/mol. The van der Waals surface area contributed by atoms with Gasteiger partial charge in [0.25, 0.3) is 0 Å². The number of rotatable bonds is 5. The maximum atomic E-state index is 11.5. The van der Waals surface area contributed by atoms with E-state index in [1.54, 1.807) is 11.3 Å². The number of thiazole rings is 1. The molecule has 0 saturated heterocycles. The second kappa shape index (κ2) is 5.96. The van der Waals surface area contributed by atoms with Crippen LogP contribution in [0, 0.1) is 13.8 Å². The van der Waals surface area contributed by atoms with Crippen LogP contribution in [0.15, 0.2) is 0 Å². The lowest BCUT2D eigenvalue weighted by molar-refractivity contribution is -0.121. The molecule has 0 bridgehead atoms. The highest BCUT2D eigenvalue weighted by molar-refractivity contribution is 7.11. The molecule has 1 unspecified atom stereocenters. The normalized spacial score (nSPS) is 12.5. The summed E-state index contributed by atoms with van der Waals surface area (Å²) in [5, 5.41) is 4.00. The summed E-state index contributed by atoms with van der Waals surface area (Å²) in [7, 11) is 0. The first-order valence-electron chi connectivity index (χ1n) is 5.48. The van der Waals surface area contributed by atoms with Crippen molar-refractivity contribution in [1.29, 1.82) is 0 Å². The highest BCUT2D eigenvalue weighted by atomic mass is 32.1. The van der Waals surface area contributed by atoms with E-state index in [4.69, 9.17) is 5.73 Å². The van der Waals surface area contributed by atoms with Gasteiger partial charge in [-0.15, -0.1) is 11.3 Å². The second-order valence-corrected chi connectivity index (χ2v) is 5.10. The van der Waals surface area contributed by atoms with E-state index >= 15 is 0 Å². The summed E-state index contributed by atoms with van der Waals surface area (Å²) in [4.78, 5) is 17.0. The zero-order valence-electron chi connectivity index (χ0n) is 10.0. The SMILES string of the molecule is Cc1nc(C)c(C(C)NC(=O)CCCN)s1. The van der Waals surface area contributed by atoms with Crippen LogP contribution in [0.25, 0.3) is 0 Å². The van der Waals surface area contributed by atoms with Crippen molar-refractivity contribution >= 4 is 17.2 Å². The third kappa shape index (κ3) is 3.57. The lowest BCUT2D eigenvalue weighted by Crippen LogP contribution is -2.26. The van der Waals surface area contributed by atoms with Gasteiger partial charge >= 0.3 is 0 Å². The molecule has 0 fully saturated rings. The molecule has 1 aromatic rings. The Kier molecular flexibility index (Phi) is 4.89. The van der Waals surface area contributed by atoms with E-state index in [-0.39, 0.29) is 11.9 Å². The predicted octanol–water partition coefficient (Wildman–Crippen LogP) is 1.68. The third-order valence-corrected chi connectivity index (χ3v) is 3.57. The van der Waals surface area contributed by atoms with Crippen LogP contribution in [0.3, 0.4) is 0 Å². The quantitative estimate of drug-likeness (QED) is 0.824. The van der Waals surface area contributed by atoms with Crippen LogP contribution in [0.4, 0.5) is 0 Å². The first-order valence-corrected chi connectivity index (χ1v) is 6.29. The third-order valence-electron chi connectivity index (χ3n) is 2.32. The van der Waals surface area contributed by atoms with E-state index in [0.717, 1.165) is 22.0 Å². The largest absolute Gasteiger partial charge is 0.349 e. The molecule has 0 spiro atoms. The maximum Gasteiger partial charge on any atom is 0.220 e. The van der Waals surface area contributed by atoms with Gasteiger partial charge in [-0.05, 0) is 33.7 Å². The summed E-state index contributed by atoms with van der Waals surface area (Å²) in [5.74, 6) is 0.0587. The molecule has 4 nitrogen and oxygen atoms in total. The molecule has 0 aromatic carbocycles. The number of carbonyl (C=O) groups is 1. The molecule has 1 rings (SSSR count). The average Bonchev–Trinajstić information content (AvgIpc) is 2.54. The van der Waals surface area contributed by atoms with E-state index in [2.05, 4.69) is 10.3 Å². The van der Waals surface area contributed by atoms with E-state index in [9.17, 15) is 4.79 Å². The van der Waals surface area contributed by atoms with Crippen LogP contribution in [0.2, 0.25) is 0 Å². The minimum absolute atomic E-state index is 0.0384. The molecule has 5 heteroatoms. The molecule has 3 N–H and O–H groups in total. The Hall–Kier alpha value is -0.940. The summed E-state index contributed by atoms with van der Waals surface area (Å²) in [6, 6.07) is 0.0384. The molecule has 1 atom stereocenters. The van der Waals surface area contributed by atoms with Gasteiger partial charge in [-0.3, -0.25) is 4.79 Å². The lowest BCUT2D eigenvalue weighted by atomic mass is 10.2. The molecule has 0 aliphatic rings. The number of hydrogen-bond acceptors (Lipinski definition) is 4. The van der Waals surface area contributed by atoms with Gasteiger partial charge in [0.15, 0.2) is 0 Å². The van der Waals surface area contributed by atoms with Gasteiger partial charge in [-0.1, -0.05) is 0 Å². The minimum Gasteiger partial charge on any atom is -0.349 e. The number of nitrogens with zero attached hydrogens (tertiary/aromatic N) is 1. The Labute approximate surface area is 100 Å². The molecule has 0 radical (unpaired) electrons. The Balaban J connectivity index is 2.55. The highest BCUT2D eigenvalue weighted by Gasteiger charge is 2.14. The Morgan fingerprint density at radius 3 is 2.75 bits per heavy atom. The number of aromatic nitrogens is 1. The van der Waals surface area contributed by atoms with E-state index in [1.807, 2.05) is 20.8 Å². The number of hydrogen-bond donors (Lipinski definition) is 2. The predicted molar refractivity (Wildman–Crippen MR) is 66.4 cm³/mol. The summed E-state index contributed by atoms with van der Waals surface area (Å²) in [6.45, 7) is 6.49. The molecule has 16 heavy (non-hydrogen) atoms. The fourth-order valence-corrected chi connectivity index (χ4v) is 2.52. The standard InChI is InChI=1S/C11H19N3OS/c1-7-11(16-9(3)13-7)8(2)14-10(15)5-4-6-12/h8H,4-6,12H2,1-3H3,(H,14,15).